The molecule has 100 valence electrons. The van der Waals surface area contributed by atoms with Crippen LogP contribution in [0.3, 0.4) is 0 Å². The van der Waals surface area contributed by atoms with Gasteiger partial charge in [0.25, 0.3) is 5.56 Å². The summed E-state index contributed by atoms with van der Waals surface area (Å²) >= 11 is 0. The SMILES string of the molecule is CCCn1cc(NC2CC(C(C)C)C2)ccc1=O. The standard InChI is InChI=1S/C15H24N2O/c1-4-7-17-10-13(5-6-15(17)18)16-14-8-12(9-14)11(2)3/h5-6,10-12,14,16H,4,7-9H2,1-3H3. The minimum Gasteiger partial charge on any atom is -0.381 e. The van der Waals surface area contributed by atoms with Gasteiger partial charge in [0.05, 0.1) is 5.69 Å². The van der Waals surface area contributed by atoms with Crippen molar-refractivity contribution in [1.29, 1.82) is 0 Å². The van der Waals surface area contributed by atoms with Gasteiger partial charge in [-0.25, -0.2) is 0 Å². The van der Waals surface area contributed by atoms with Crippen LogP contribution in [0.2, 0.25) is 0 Å². The summed E-state index contributed by atoms with van der Waals surface area (Å²) in [5, 5.41) is 3.53. The fraction of sp³-hybridized carbons (Fsp3) is 0.667. The van der Waals surface area contributed by atoms with Crippen molar-refractivity contribution in [1.82, 2.24) is 4.57 Å². The van der Waals surface area contributed by atoms with Gasteiger partial charge in [-0.3, -0.25) is 4.79 Å². The van der Waals surface area contributed by atoms with Gasteiger partial charge in [-0.05, 0) is 37.2 Å². The largest absolute Gasteiger partial charge is 0.381 e. The van der Waals surface area contributed by atoms with Gasteiger partial charge in [-0.15, -0.1) is 0 Å². The van der Waals surface area contributed by atoms with E-state index in [1.165, 1.54) is 12.8 Å². The van der Waals surface area contributed by atoms with Gasteiger partial charge in [-0.2, -0.15) is 0 Å². The Balaban J connectivity index is 1.95. The predicted octanol–water partition coefficient (Wildman–Crippen LogP) is 3.10. The predicted molar refractivity (Wildman–Crippen MR) is 76.0 cm³/mol. The molecule has 0 unspecified atom stereocenters. The maximum Gasteiger partial charge on any atom is 0.250 e. The number of hydrogen-bond donors (Lipinski definition) is 1. The molecule has 0 aliphatic heterocycles. The smallest absolute Gasteiger partial charge is 0.250 e. The first kappa shape index (κ1) is 13.2. The van der Waals surface area contributed by atoms with Gasteiger partial charge in [-0.1, -0.05) is 20.8 Å². The highest BCUT2D eigenvalue weighted by atomic mass is 16.1. The van der Waals surface area contributed by atoms with Gasteiger partial charge in [0.2, 0.25) is 0 Å². The van der Waals surface area contributed by atoms with Crippen LogP contribution in [0.5, 0.6) is 0 Å². The maximum absolute atomic E-state index is 11.6. The average Bonchev–Trinajstić information content (AvgIpc) is 2.27. The van der Waals surface area contributed by atoms with E-state index in [9.17, 15) is 4.79 Å². The molecule has 3 heteroatoms. The Morgan fingerprint density at radius 1 is 1.39 bits per heavy atom. The molecule has 0 saturated heterocycles. The quantitative estimate of drug-likeness (QED) is 0.868. The summed E-state index contributed by atoms with van der Waals surface area (Å²) in [7, 11) is 0. The minimum atomic E-state index is 0.0936. The van der Waals surface area contributed by atoms with Crippen molar-refractivity contribution in [3.05, 3.63) is 28.7 Å². The van der Waals surface area contributed by atoms with Crippen molar-refractivity contribution in [3.8, 4) is 0 Å². The molecule has 1 saturated carbocycles. The van der Waals surface area contributed by atoms with E-state index in [-0.39, 0.29) is 5.56 Å². The van der Waals surface area contributed by atoms with E-state index >= 15 is 0 Å². The molecule has 0 aromatic carbocycles. The highest BCUT2D eigenvalue weighted by Crippen LogP contribution is 2.35. The molecule has 3 nitrogen and oxygen atoms in total. The van der Waals surface area contributed by atoms with Gasteiger partial charge >= 0.3 is 0 Å². The molecule has 0 spiro atoms. The second-order valence-electron chi connectivity index (χ2n) is 5.77. The van der Waals surface area contributed by atoms with Crippen LogP contribution < -0.4 is 10.9 Å². The zero-order valence-electron chi connectivity index (χ0n) is 11.6. The summed E-state index contributed by atoms with van der Waals surface area (Å²) in [6, 6.07) is 4.15. The lowest BCUT2D eigenvalue weighted by atomic mass is 9.73. The summed E-state index contributed by atoms with van der Waals surface area (Å²) in [6.45, 7) is 7.48. The number of aryl methyl sites for hydroxylation is 1. The van der Waals surface area contributed by atoms with Crippen LogP contribution in [0.25, 0.3) is 0 Å². The van der Waals surface area contributed by atoms with E-state index < -0.39 is 0 Å². The van der Waals surface area contributed by atoms with E-state index in [0.717, 1.165) is 30.5 Å². The third kappa shape index (κ3) is 2.95. The Morgan fingerprint density at radius 3 is 2.72 bits per heavy atom. The molecule has 1 aliphatic rings. The number of nitrogens with one attached hydrogen (secondary N) is 1. The Bertz CT molecular complexity index is 444. The summed E-state index contributed by atoms with van der Waals surface area (Å²) in [6.07, 6.45) is 5.45. The molecule has 0 radical (unpaired) electrons. The molecule has 0 atom stereocenters. The molecule has 18 heavy (non-hydrogen) atoms. The zero-order valence-corrected chi connectivity index (χ0v) is 11.6. The third-order valence-corrected chi connectivity index (χ3v) is 3.94. The maximum atomic E-state index is 11.6. The van der Waals surface area contributed by atoms with Gasteiger partial charge in [0.1, 0.15) is 0 Å². The second-order valence-corrected chi connectivity index (χ2v) is 5.77. The molecule has 1 aromatic rings. The van der Waals surface area contributed by atoms with Crippen molar-refractivity contribution >= 4 is 5.69 Å². The highest BCUT2D eigenvalue weighted by Gasteiger charge is 2.30. The molecule has 1 heterocycles. The molecule has 1 aliphatic carbocycles. The highest BCUT2D eigenvalue weighted by molar-refractivity contribution is 5.42. The first-order chi connectivity index (χ1) is 8.60. The number of anilines is 1. The number of rotatable bonds is 5. The van der Waals surface area contributed by atoms with E-state index in [0.29, 0.717) is 6.04 Å². The van der Waals surface area contributed by atoms with Crippen molar-refractivity contribution in [3.63, 3.8) is 0 Å². The van der Waals surface area contributed by atoms with Crippen molar-refractivity contribution < 1.29 is 0 Å². The van der Waals surface area contributed by atoms with Crippen LogP contribution in [-0.4, -0.2) is 10.6 Å². The van der Waals surface area contributed by atoms with Crippen molar-refractivity contribution in [2.75, 3.05) is 5.32 Å². The van der Waals surface area contributed by atoms with Crippen LogP contribution >= 0.6 is 0 Å². The van der Waals surface area contributed by atoms with E-state index in [2.05, 4.69) is 26.1 Å². The van der Waals surface area contributed by atoms with Gasteiger partial charge in [0.15, 0.2) is 0 Å². The summed E-state index contributed by atoms with van der Waals surface area (Å²) in [5.74, 6) is 1.65. The third-order valence-electron chi connectivity index (χ3n) is 3.94. The lowest BCUT2D eigenvalue weighted by molar-refractivity contribution is 0.212. The van der Waals surface area contributed by atoms with E-state index in [1.54, 1.807) is 10.6 Å². The fourth-order valence-electron chi connectivity index (χ4n) is 2.59. The normalized spacial score (nSPS) is 22.9. The van der Waals surface area contributed by atoms with E-state index in [1.807, 2.05) is 12.3 Å². The number of pyridine rings is 1. The van der Waals surface area contributed by atoms with E-state index in [4.69, 9.17) is 0 Å². The second kappa shape index (κ2) is 5.59. The monoisotopic (exact) mass is 248 g/mol. The molecular formula is C15H24N2O. The lowest BCUT2D eigenvalue weighted by Crippen LogP contribution is -2.38. The lowest BCUT2D eigenvalue weighted by Gasteiger charge is -2.39. The van der Waals surface area contributed by atoms with Crippen molar-refractivity contribution in [2.45, 2.75) is 52.6 Å². The molecule has 1 fully saturated rings. The summed E-state index contributed by atoms with van der Waals surface area (Å²) < 4.78 is 1.79. The van der Waals surface area contributed by atoms with Crippen molar-refractivity contribution in [2.24, 2.45) is 11.8 Å². The average molecular weight is 248 g/mol. The Hall–Kier alpha value is -1.25. The summed E-state index contributed by atoms with van der Waals surface area (Å²) in [5.41, 5.74) is 1.17. The van der Waals surface area contributed by atoms with Crippen LogP contribution in [-0.2, 0) is 6.54 Å². The zero-order chi connectivity index (χ0) is 13.1. The Morgan fingerprint density at radius 2 is 2.11 bits per heavy atom. The number of hydrogen-bond acceptors (Lipinski definition) is 2. The van der Waals surface area contributed by atoms with Crippen LogP contribution in [0.4, 0.5) is 5.69 Å². The van der Waals surface area contributed by atoms with Gasteiger partial charge < -0.3 is 9.88 Å². The molecular weight excluding hydrogens is 224 g/mol. The van der Waals surface area contributed by atoms with Crippen LogP contribution in [0, 0.1) is 11.8 Å². The topological polar surface area (TPSA) is 34.0 Å². The molecule has 0 bridgehead atoms. The molecule has 0 amide bonds. The Kier molecular flexibility index (Phi) is 4.10. The summed E-state index contributed by atoms with van der Waals surface area (Å²) in [4.78, 5) is 11.6. The Labute approximate surface area is 109 Å². The fourth-order valence-corrected chi connectivity index (χ4v) is 2.59. The molecule has 1 N–H and O–H groups in total. The molecule has 1 aromatic heterocycles. The number of nitrogens with zero attached hydrogens (tertiary/aromatic N) is 1. The first-order valence-electron chi connectivity index (χ1n) is 7.07. The van der Waals surface area contributed by atoms with Crippen LogP contribution in [0.1, 0.15) is 40.0 Å². The minimum absolute atomic E-state index is 0.0936. The number of aromatic nitrogens is 1. The molecule has 2 rings (SSSR count). The first-order valence-corrected chi connectivity index (χ1v) is 7.07. The van der Waals surface area contributed by atoms with Crippen LogP contribution in [0.15, 0.2) is 23.1 Å². The van der Waals surface area contributed by atoms with Gasteiger partial charge in [0, 0.05) is 24.8 Å².